The molecule has 0 aliphatic heterocycles. The Morgan fingerprint density at radius 2 is 2.12 bits per heavy atom. The summed E-state index contributed by atoms with van der Waals surface area (Å²) < 4.78 is 0. The second-order valence-corrected chi connectivity index (χ2v) is 4.63. The molecule has 1 saturated carbocycles. The second-order valence-electron chi connectivity index (χ2n) is 4.22. The first-order valence-electron chi connectivity index (χ1n) is 5.60. The zero-order chi connectivity index (χ0) is 12.3. The summed E-state index contributed by atoms with van der Waals surface area (Å²) in [6, 6.07) is 9.66. The lowest BCUT2D eigenvalue weighted by molar-refractivity contribution is 0.630. The Morgan fingerprint density at radius 1 is 1.29 bits per heavy atom. The molecule has 2 atom stereocenters. The highest BCUT2D eigenvalue weighted by Crippen LogP contribution is 2.31. The van der Waals surface area contributed by atoms with Gasteiger partial charge in [-0.25, -0.2) is 0 Å². The molecule has 0 bridgehead atoms. The fraction of sp³-hybridized carbons (Fsp3) is 0.385. The third-order valence-corrected chi connectivity index (χ3v) is 3.45. The van der Waals surface area contributed by atoms with Crippen molar-refractivity contribution in [3.63, 3.8) is 0 Å². The number of benzene rings is 1. The molecule has 17 heavy (non-hydrogen) atoms. The molecule has 1 aromatic rings. The van der Waals surface area contributed by atoms with E-state index in [1.165, 1.54) is 0 Å². The van der Waals surface area contributed by atoms with E-state index < -0.39 is 0 Å². The van der Waals surface area contributed by atoms with Gasteiger partial charge in [0.2, 0.25) is 0 Å². The second kappa shape index (κ2) is 5.08. The highest BCUT2D eigenvalue weighted by atomic mass is 35.5. The first kappa shape index (κ1) is 11.8. The molecule has 86 valence electrons. The van der Waals surface area contributed by atoms with Crippen molar-refractivity contribution in [1.29, 1.82) is 10.5 Å². The van der Waals surface area contributed by atoms with Crippen molar-refractivity contribution >= 4 is 17.3 Å². The number of nitrogens with zero attached hydrogens (tertiary/aromatic N) is 2. The van der Waals surface area contributed by atoms with Crippen molar-refractivity contribution in [2.24, 2.45) is 5.92 Å². The van der Waals surface area contributed by atoms with E-state index in [0.29, 0.717) is 10.6 Å². The fourth-order valence-electron chi connectivity index (χ4n) is 2.19. The molecule has 0 aromatic heterocycles. The van der Waals surface area contributed by atoms with Crippen LogP contribution in [0.2, 0.25) is 5.02 Å². The molecule has 3 nitrogen and oxygen atoms in total. The minimum atomic E-state index is 0.0387. The van der Waals surface area contributed by atoms with Gasteiger partial charge in [-0.05, 0) is 37.5 Å². The van der Waals surface area contributed by atoms with Gasteiger partial charge in [0.05, 0.1) is 34.3 Å². The molecule has 0 saturated heterocycles. The van der Waals surface area contributed by atoms with E-state index in [1.807, 2.05) is 0 Å². The maximum absolute atomic E-state index is 9.01. The van der Waals surface area contributed by atoms with E-state index in [0.717, 1.165) is 24.9 Å². The van der Waals surface area contributed by atoms with Crippen molar-refractivity contribution in [2.45, 2.75) is 25.3 Å². The van der Waals surface area contributed by atoms with Gasteiger partial charge >= 0.3 is 0 Å². The predicted octanol–water partition coefficient (Wildman–Crippen LogP) is 3.32. The van der Waals surface area contributed by atoms with Crippen molar-refractivity contribution in [2.75, 3.05) is 5.32 Å². The Labute approximate surface area is 106 Å². The lowest BCUT2D eigenvalue weighted by Crippen LogP contribution is -2.23. The third-order valence-electron chi connectivity index (χ3n) is 3.12. The number of hydrogen-bond donors (Lipinski definition) is 1. The van der Waals surface area contributed by atoms with Crippen LogP contribution < -0.4 is 5.32 Å². The molecular formula is C13H12ClN3. The van der Waals surface area contributed by atoms with Crippen LogP contribution in [0.5, 0.6) is 0 Å². The van der Waals surface area contributed by atoms with E-state index in [2.05, 4.69) is 17.5 Å². The van der Waals surface area contributed by atoms with Crippen molar-refractivity contribution in [3.8, 4) is 12.1 Å². The van der Waals surface area contributed by atoms with Crippen LogP contribution in [0, 0.1) is 28.6 Å². The van der Waals surface area contributed by atoms with Crippen LogP contribution in [0.4, 0.5) is 5.69 Å². The maximum Gasteiger partial charge on any atom is 0.0992 e. The van der Waals surface area contributed by atoms with Gasteiger partial charge in [-0.15, -0.1) is 0 Å². The largest absolute Gasteiger partial charge is 0.380 e. The topological polar surface area (TPSA) is 59.6 Å². The standard InChI is InChI=1S/C13H12ClN3/c14-11-5-4-9(7-15)6-13(11)17-12-3-1-2-10(12)8-16/h4-6,10,12,17H,1-3H2. The first-order chi connectivity index (χ1) is 8.24. The zero-order valence-electron chi connectivity index (χ0n) is 9.28. The van der Waals surface area contributed by atoms with Gasteiger partial charge in [-0.1, -0.05) is 11.6 Å². The summed E-state index contributed by atoms with van der Waals surface area (Å²) in [5, 5.41) is 21.7. The summed E-state index contributed by atoms with van der Waals surface area (Å²) in [6.07, 6.45) is 2.97. The van der Waals surface area contributed by atoms with Gasteiger partial charge in [0, 0.05) is 6.04 Å². The normalized spacial score (nSPS) is 22.8. The summed E-state index contributed by atoms with van der Waals surface area (Å²) in [6.45, 7) is 0. The maximum atomic E-state index is 9.01. The molecule has 1 aromatic carbocycles. The monoisotopic (exact) mass is 245 g/mol. The van der Waals surface area contributed by atoms with E-state index >= 15 is 0 Å². The molecule has 1 N–H and O–H groups in total. The van der Waals surface area contributed by atoms with Gasteiger partial charge in [0.15, 0.2) is 0 Å². The van der Waals surface area contributed by atoms with Crippen LogP contribution in [0.1, 0.15) is 24.8 Å². The highest BCUT2D eigenvalue weighted by molar-refractivity contribution is 6.33. The molecule has 1 aliphatic rings. The summed E-state index contributed by atoms with van der Waals surface area (Å²) >= 11 is 6.07. The summed E-state index contributed by atoms with van der Waals surface area (Å²) in [5.74, 6) is 0.0387. The minimum Gasteiger partial charge on any atom is -0.380 e. The van der Waals surface area contributed by atoms with Crippen LogP contribution in [0.3, 0.4) is 0 Å². The minimum absolute atomic E-state index is 0.0387. The van der Waals surface area contributed by atoms with E-state index in [1.54, 1.807) is 18.2 Å². The number of anilines is 1. The van der Waals surface area contributed by atoms with Crippen LogP contribution >= 0.6 is 11.6 Å². The molecule has 0 spiro atoms. The SMILES string of the molecule is N#Cc1ccc(Cl)c(NC2CCCC2C#N)c1. The van der Waals surface area contributed by atoms with Gasteiger partial charge in [0.1, 0.15) is 0 Å². The highest BCUT2D eigenvalue weighted by Gasteiger charge is 2.27. The van der Waals surface area contributed by atoms with Gasteiger partial charge in [-0.3, -0.25) is 0 Å². The Hall–Kier alpha value is -1.71. The van der Waals surface area contributed by atoms with Gasteiger partial charge in [-0.2, -0.15) is 10.5 Å². The average Bonchev–Trinajstić information content (AvgIpc) is 2.79. The van der Waals surface area contributed by atoms with E-state index in [9.17, 15) is 0 Å². The molecule has 4 heteroatoms. The average molecular weight is 246 g/mol. The quantitative estimate of drug-likeness (QED) is 0.870. The molecule has 0 heterocycles. The lowest BCUT2D eigenvalue weighted by Gasteiger charge is -2.18. The molecule has 2 rings (SSSR count). The smallest absolute Gasteiger partial charge is 0.0992 e. The van der Waals surface area contributed by atoms with Gasteiger partial charge < -0.3 is 5.32 Å². The Morgan fingerprint density at radius 3 is 2.82 bits per heavy atom. The molecule has 1 fully saturated rings. The predicted molar refractivity (Wildman–Crippen MR) is 66.5 cm³/mol. The third kappa shape index (κ3) is 2.52. The molecule has 0 amide bonds. The molecule has 1 aliphatic carbocycles. The molecule has 0 radical (unpaired) electrons. The van der Waals surface area contributed by atoms with Crippen LogP contribution in [0.25, 0.3) is 0 Å². The number of rotatable bonds is 2. The van der Waals surface area contributed by atoms with Crippen LogP contribution in [0.15, 0.2) is 18.2 Å². The summed E-state index contributed by atoms with van der Waals surface area (Å²) in [7, 11) is 0. The number of nitriles is 2. The summed E-state index contributed by atoms with van der Waals surface area (Å²) in [4.78, 5) is 0. The molecular weight excluding hydrogens is 234 g/mol. The Balaban J connectivity index is 2.19. The van der Waals surface area contributed by atoms with Crippen LogP contribution in [-0.2, 0) is 0 Å². The number of nitrogens with one attached hydrogen (secondary N) is 1. The first-order valence-corrected chi connectivity index (χ1v) is 5.98. The van der Waals surface area contributed by atoms with Gasteiger partial charge in [0.25, 0.3) is 0 Å². The number of hydrogen-bond acceptors (Lipinski definition) is 3. The fourth-order valence-corrected chi connectivity index (χ4v) is 2.36. The van der Waals surface area contributed by atoms with Crippen molar-refractivity contribution < 1.29 is 0 Å². The van der Waals surface area contributed by atoms with Crippen LogP contribution in [-0.4, -0.2) is 6.04 Å². The van der Waals surface area contributed by atoms with Crippen molar-refractivity contribution in [1.82, 2.24) is 0 Å². The van der Waals surface area contributed by atoms with E-state index in [-0.39, 0.29) is 12.0 Å². The summed E-state index contributed by atoms with van der Waals surface area (Å²) in [5.41, 5.74) is 1.32. The Bertz CT molecular complexity index is 498. The number of halogens is 1. The lowest BCUT2D eigenvalue weighted by atomic mass is 10.1. The van der Waals surface area contributed by atoms with E-state index in [4.69, 9.17) is 22.1 Å². The van der Waals surface area contributed by atoms with Crippen molar-refractivity contribution in [3.05, 3.63) is 28.8 Å². The zero-order valence-corrected chi connectivity index (χ0v) is 10.0. The Kier molecular flexibility index (Phi) is 3.52. The molecule has 2 unspecified atom stereocenters.